The highest BCUT2D eigenvalue weighted by Crippen LogP contribution is 2.23. The van der Waals surface area contributed by atoms with Gasteiger partial charge in [-0.25, -0.2) is 4.39 Å². The summed E-state index contributed by atoms with van der Waals surface area (Å²) in [4.78, 5) is 4.66. The number of nitrogens with zero attached hydrogens (tertiary/aromatic N) is 1. The second kappa shape index (κ2) is 10.7. The number of anilines is 1. The maximum absolute atomic E-state index is 13.9. The van der Waals surface area contributed by atoms with Gasteiger partial charge in [-0.2, -0.15) is 0 Å². The Morgan fingerprint density at radius 1 is 1.21 bits per heavy atom. The van der Waals surface area contributed by atoms with Crippen LogP contribution in [0.5, 0.6) is 0 Å². The van der Waals surface area contributed by atoms with Crippen molar-refractivity contribution in [1.82, 2.24) is 5.32 Å². The molecule has 2 aromatic carbocycles. The van der Waals surface area contributed by atoms with Crippen molar-refractivity contribution in [3.63, 3.8) is 0 Å². The van der Waals surface area contributed by atoms with E-state index < -0.39 is 0 Å². The number of amidine groups is 1. The summed E-state index contributed by atoms with van der Waals surface area (Å²) in [5.41, 5.74) is 10.3. The van der Waals surface area contributed by atoms with E-state index in [-0.39, 0.29) is 5.82 Å². The fourth-order valence-corrected chi connectivity index (χ4v) is 2.82. The summed E-state index contributed by atoms with van der Waals surface area (Å²) < 4.78 is 13.9. The monoisotopic (exact) mass is 414 g/mol. The minimum absolute atomic E-state index is 0.332. The molecule has 4 nitrogen and oxygen atoms in total. The van der Waals surface area contributed by atoms with E-state index in [0.717, 1.165) is 29.8 Å². The first kappa shape index (κ1) is 22.5. The number of hydrogen-bond acceptors (Lipinski definition) is 3. The van der Waals surface area contributed by atoms with E-state index in [1.54, 1.807) is 13.0 Å². The lowest BCUT2D eigenvalue weighted by Crippen LogP contribution is -2.25. The van der Waals surface area contributed by atoms with Gasteiger partial charge in [0.15, 0.2) is 0 Å². The molecule has 0 spiro atoms. The van der Waals surface area contributed by atoms with Crippen LogP contribution in [0.25, 0.3) is 5.70 Å². The van der Waals surface area contributed by atoms with Crippen molar-refractivity contribution in [2.75, 3.05) is 11.9 Å². The van der Waals surface area contributed by atoms with Crippen LogP contribution in [0.1, 0.15) is 38.3 Å². The number of aliphatic imine (C=N–C) groups is 1. The van der Waals surface area contributed by atoms with Gasteiger partial charge >= 0.3 is 0 Å². The summed E-state index contributed by atoms with van der Waals surface area (Å²) in [6.45, 7) is 11.0. The highest BCUT2D eigenvalue weighted by molar-refractivity contribution is 6.31. The fraction of sp³-hybridized carbons (Fsp3) is 0.261. The van der Waals surface area contributed by atoms with E-state index in [4.69, 9.17) is 17.3 Å². The van der Waals surface area contributed by atoms with E-state index >= 15 is 0 Å². The van der Waals surface area contributed by atoms with Crippen molar-refractivity contribution in [3.05, 3.63) is 82.3 Å². The molecule has 0 atom stereocenters. The third-order valence-electron chi connectivity index (χ3n) is 4.45. The first-order valence-electron chi connectivity index (χ1n) is 9.54. The minimum Gasteiger partial charge on any atom is -0.402 e. The number of hydrogen-bond donors (Lipinski definition) is 3. The lowest BCUT2D eigenvalue weighted by molar-refractivity contribution is 0.627. The highest BCUT2D eigenvalue weighted by Gasteiger charge is 2.12. The van der Waals surface area contributed by atoms with Gasteiger partial charge in [0.2, 0.25) is 0 Å². The molecular weight excluding hydrogens is 387 g/mol. The molecule has 0 saturated carbocycles. The van der Waals surface area contributed by atoms with Crippen LogP contribution in [0.15, 0.2) is 65.3 Å². The molecule has 2 aromatic rings. The zero-order valence-electron chi connectivity index (χ0n) is 17.2. The van der Waals surface area contributed by atoms with Crippen LogP contribution < -0.4 is 16.4 Å². The van der Waals surface area contributed by atoms with Crippen LogP contribution in [-0.4, -0.2) is 12.4 Å². The molecule has 6 heteroatoms. The van der Waals surface area contributed by atoms with Gasteiger partial charge in [-0.05, 0) is 50.1 Å². The number of nitrogens with one attached hydrogen (secondary N) is 2. The Labute approximate surface area is 177 Å². The third-order valence-corrected chi connectivity index (χ3v) is 4.82. The second-order valence-corrected chi connectivity index (χ2v) is 7.19. The van der Waals surface area contributed by atoms with Crippen molar-refractivity contribution in [2.24, 2.45) is 10.7 Å². The van der Waals surface area contributed by atoms with Crippen molar-refractivity contribution < 1.29 is 4.39 Å². The Balaban J connectivity index is 2.33. The maximum Gasteiger partial charge on any atom is 0.130 e. The maximum atomic E-state index is 13.9. The quantitative estimate of drug-likeness (QED) is 0.382. The Hall–Kier alpha value is -2.79. The summed E-state index contributed by atoms with van der Waals surface area (Å²) >= 11 is 6.24. The average molecular weight is 415 g/mol. The molecule has 29 heavy (non-hydrogen) atoms. The molecule has 0 amide bonds. The number of rotatable bonds is 8. The standard InChI is InChI=1S/C23H28ClFN4/c1-5-12-27-22-11-10-19(25)13-20(22)17(4)29-23(15(2)16(3)26)28-14-18-8-6-7-9-21(18)24/h6-11,13,27H,4-5,12,14,26H2,1-3H3,(H,28,29)/b16-15-. The number of halogens is 2. The molecule has 0 fully saturated rings. The molecule has 0 aromatic heterocycles. The second-order valence-electron chi connectivity index (χ2n) is 6.78. The van der Waals surface area contributed by atoms with Gasteiger partial charge in [0.25, 0.3) is 0 Å². The van der Waals surface area contributed by atoms with E-state index in [9.17, 15) is 4.39 Å². The molecule has 2 rings (SSSR count). The first-order chi connectivity index (χ1) is 13.8. The minimum atomic E-state index is -0.332. The van der Waals surface area contributed by atoms with Crippen molar-refractivity contribution in [1.29, 1.82) is 0 Å². The molecule has 0 radical (unpaired) electrons. The van der Waals surface area contributed by atoms with Gasteiger partial charge in [0, 0.05) is 39.8 Å². The zero-order chi connectivity index (χ0) is 21.4. The number of benzene rings is 2. The molecule has 4 N–H and O–H groups in total. The van der Waals surface area contributed by atoms with Gasteiger partial charge in [-0.3, -0.25) is 4.99 Å². The van der Waals surface area contributed by atoms with Gasteiger partial charge in [0.1, 0.15) is 11.7 Å². The van der Waals surface area contributed by atoms with Gasteiger partial charge in [0.05, 0.1) is 6.54 Å². The van der Waals surface area contributed by atoms with Crippen LogP contribution in [0.3, 0.4) is 0 Å². The molecule has 0 aliphatic heterocycles. The molecule has 0 aliphatic carbocycles. The Bertz CT molecular complexity index is 930. The van der Waals surface area contributed by atoms with Crippen LogP contribution >= 0.6 is 11.6 Å². The molecular formula is C23H28ClFN4. The summed E-state index contributed by atoms with van der Waals surface area (Å²) in [5, 5.41) is 7.17. The third kappa shape index (κ3) is 6.36. The Morgan fingerprint density at radius 3 is 2.59 bits per heavy atom. The summed E-state index contributed by atoms with van der Waals surface area (Å²) in [6, 6.07) is 12.1. The predicted molar refractivity (Wildman–Crippen MR) is 123 cm³/mol. The number of allylic oxidation sites excluding steroid dienone is 1. The Kier molecular flexibility index (Phi) is 8.28. The topological polar surface area (TPSA) is 62.4 Å². The molecule has 0 bridgehead atoms. The summed E-state index contributed by atoms with van der Waals surface area (Å²) in [7, 11) is 0. The van der Waals surface area contributed by atoms with Crippen LogP contribution in [-0.2, 0) is 6.54 Å². The van der Waals surface area contributed by atoms with Crippen LogP contribution in [0, 0.1) is 5.82 Å². The Morgan fingerprint density at radius 2 is 1.93 bits per heavy atom. The fourth-order valence-electron chi connectivity index (χ4n) is 2.62. The first-order valence-corrected chi connectivity index (χ1v) is 9.92. The molecule has 0 saturated heterocycles. The SMILES string of the molecule is C=C(NC(=NCc1ccccc1Cl)/C(C)=C(/C)N)c1cc(F)ccc1NCCC. The predicted octanol–water partition coefficient (Wildman–Crippen LogP) is 5.71. The lowest BCUT2D eigenvalue weighted by Gasteiger charge is -2.18. The largest absolute Gasteiger partial charge is 0.402 e. The van der Waals surface area contributed by atoms with Crippen molar-refractivity contribution in [3.8, 4) is 0 Å². The van der Waals surface area contributed by atoms with Gasteiger partial charge < -0.3 is 16.4 Å². The number of nitrogens with two attached hydrogens (primary N) is 1. The van der Waals surface area contributed by atoms with E-state index in [1.807, 2.05) is 31.2 Å². The smallest absolute Gasteiger partial charge is 0.130 e. The van der Waals surface area contributed by atoms with E-state index in [0.29, 0.717) is 34.4 Å². The van der Waals surface area contributed by atoms with Crippen molar-refractivity contribution >= 4 is 28.8 Å². The van der Waals surface area contributed by atoms with E-state index in [1.165, 1.54) is 12.1 Å². The lowest BCUT2D eigenvalue weighted by atomic mass is 10.1. The average Bonchev–Trinajstić information content (AvgIpc) is 2.70. The summed E-state index contributed by atoms with van der Waals surface area (Å²) in [5.74, 6) is 0.238. The van der Waals surface area contributed by atoms with E-state index in [2.05, 4.69) is 29.1 Å². The normalized spacial score (nSPS) is 12.4. The molecule has 154 valence electrons. The van der Waals surface area contributed by atoms with Gasteiger partial charge in [-0.1, -0.05) is 43.3 Å². The molecule has 0 aliphatic rings. The van der Waals surface area contributed by atoms with Crippen LogP contribution in [0.2, 0.25) is 5.02 Å². The summed E-state index contributed by atoms with van der Waals surface area (Å²) in [6.07, 6.45) is 0.954. The zero-order valence-corrected chi connectivity index (χ0v) is 17.9. The van der Waals surface area contributed by atoms with Gasteiger partial charge in [-0.15, -0.1) is 0 Å². The van der Waals surface area contributed by atoms with Crippen molar-refractivity contribution in [2.45, 2.75) is 33.7 Å². The van der Waals surface area contributed by atoms with Crippen LogP contribution in [0.4, 0.5) is 10.1 Å². The molecule has 0 heterocycles. The highest BCUT2D eigenvalue weighted by atomic mass is 35.5. The molecule has 0 unspecified atom stereocenters.